The lowest BCUT2D eigenvalue weighted by Gasteiger charge is -2.19. The molecular formula is C19H16N6O4. The number of nitro groups is 1. The Labute approximate surface area is 164 Å². The fraction of sp³-hybridized carbons (Fsp3) is 0.158. The van der Waals surface area contributed by atoms with Gasteiger partial charge in [-0.15, -0.1) is 0 Å². The van der Waals surface area contributed by atoms with Crippen LogP contribution < -0.4 is 19.1 Å². The molecule has 0 aliphatic rings. The van der Waals surface area contributed by atoms with Crippen molar-refractivity contribution in [1.29, 1.82) is 0 Å². The number of pyridine rings is 1. The Kier molecular flexibility index (Phi) is 4.51. The van der Waals surface area contributed by atoms with E-state index in [1.54, 1.807) is 30.9 Å². The summed E-state index contributed by atoms with van der Waals surface area (Å²) in [6, 6.07) is 12.0. The number of fused-ring (bicyclic) bond motifs is 1. The average molecular weight is 392 g/mol. The molecule has 4 aromatic rings. The standard InChI is InChI=1S/C19H16N6O4/c1-11-8-13-9-16(28-2)17(29-3)10-15(13)18(24(11)19-20-22-23-21-19)12-4-6-14(7-5-12)25(26)27/h4-10H,1-3H3. The van der Waals surface area contributed by atoms with Gasteiger partial charge in [-0.1, -0.05) is 10.2 Å². The van der Waals surface area contributed by atoms with Crippen LogP contribution >= 0.6 is 0 Å². The van der Waals surface area contributed by atoms with Crippen LogP contribution in [-0.2, 0) is 0 Å². The molecule has 0 saturated carbocycles. The van der Waals surface area contributed by atoms with Crippen LogP contribution in [0.2, 0.25) is 0 Å². The lowest BCUT2D eigenvalue weighted by Crippen LogP contribution is -2.39. The van der Waals surface area contributed by atoms with Crippen molar-refractivity contribution in [3.8, 4) is 28.7 Å². The Balaban J connectivity index is 2.09. The van der Waals surface area contributed by atoms with Gasteiger partial charge >= 0.3 is 0 Å². The zero-order valence-corrected chi connectivity index (χ0v) is 15.9. The first-order chi connectivity index (χ1) is 14.0. The van der Waals surface area contributed by atoms with Gasteiger partial charge in [0.25, 0.3) is 11.6 Å². The monoisotopic (exact) mass is 392 g/mol. The van der Waals surface area contributed by atoms with Crippen LogP contribution in [0.1, 0.15) is 5.69 Å². The normalized spacial score (nSPS) is 10.9. The third kappa shape index (κ3) is 3.10. The number of benzene rings is 2. The molecule has 10 heteroatoms. The average Bonchev–Trinajstić information content (AvgIpc) is 3.26. The van der Waals surface area contributed by atoms with Crippen LogP contribution in [0.5, 0.6) is 11.5 Å². The Morgan fingerprint density at radius 2 is 1.76 bits per heavy atom. The summed E-state index contributed by atoms with van der Waals surface area (Å²) in [6.45, 7) is 1.90. The molecule has 4 rings (SSSR count). The van der Waals surface area contributed by atoms with Crippen molar-refractivity contribution in [3.63, 3.8) is 0 Å². The number of rotatable bonds is 5. The van der Waals surface area contributed by atoms with Gasteiger partial charge in [0.15, 0.2) is 11.5 Å². The van der Waals surface area contributed by atoms with E-state index in [1.165, 1.54) is 12.1 Å². The summed E-state index contributed by atoms with van der Waals surface area (Å²) in [5.41, 5.74) is 2.30. The number of hydrogen-bond acceptors (Lipinski definition) is 7. The van der Waals surface area contributed by atoms with Gasteiger partial charge in [-0.05, 0) is 58.6 Å². The molecule has 0 saturated heterocycles. The molecule has 0 aliphatic carbocycles. The minimum atomic E-state index is -0.436. The smallest absolute Gasteiger partial charge is 0.277 e. The van der Waals surface area contributed by atoms with Crippen LogP contribution in [0.25, 0.3) is 28.0 Å². The number of aryl methyl sites for hydroxylation is 1. The second kappa shape index (κ2) is 7.15. The maximum atomic E-state index is 11.1. The first kappa shape index (κ1) is 18.3. The van der Waals surface area contributed by atoms with Crippen molar-refractivity contribution in [2.24, 2.45) is 0 Å². The second-order valence-electron chi connectivity index (χ2n) is 6.25. The molecule has 2 aromatic carbocycles. The van der Waals surface area contributed by atoms with Gasteiger partial charge in [0, 0.05) is 23.2 Å². The van der Waals surface area contributed by atoms with E-state index in [1.807, 2.05) is 25.1 Å². The van der Waals surface area contributed by atoms with E-state index in [-0.39, 0.29) is 5.69 Å². The van der Waals surface area contributed by atoms with E-state index in [9.17, 15) is 10.1 Å². The van der Waals surface area contributed by atoms with Gasteiger partial charge in [0.1, 0.15) is 0 Å². The number of aromatic nitrogens is 5. The Bertz CT molecular complexity index is 1210. The largest absolute Gasteiger partial charge is 0.493 e. The van der Waals surface area contributed by atoms with Crippen LogP contribution in [0.3, 0.4) is 0 Å². The summed E-state index contributed by atoms with van der Waals surface area (Å²) in [5.74, 6) is 1.45. The Morgan fingerprint density at radius 3 is 2.34 bits per heavy atom. The molecular weight excluding hydrogens is 376 g/mol. The molecule has 0 aliphatic heterocycles. The van der Waals surface area contributed by atoms with Gasteiger partial charge < -0.3 is 9.47 Å². The third-order valence-electron chi connectivity index (χ3n) is 4.61. The predicted molar refractivity (Wildman–Crippen MR) is 102 cm³/mol. The van der Waals surface area contributed by atoms with Crippen molar-refractivity contribution in [2.45, 2.75) is 6.92 Å². The molecule has 0 radical (unpaired) electrons. The molecule has 29 heavy (non-hydrogen) atoms. The Morgan fingerprint density at radius 1 is 1.07 bits per heavy atom. The fourth-order valence-electron chi connectivity index (χ4n) is 3.32. The van der Waals surface area contributed by atoms with E-state index < -0.39 is 4.92 Å². The van der Waals surface area contributed by atoms with Gasteiger partial charge in [-0.25, -0.2) is 0 Å². The fourth-order valence-corrected chi connectivity index (χ4v) is 3.32. The van der Waals surface area contributed by atoms with E-state index in [2.05, 4.69) is 20.6 Å². The molecule has 0 bridgehead atoms. The van der Waals surface area contributed by atoms with Crippen LogP contribution in [-0.4, -0.2) is 34.7 Å². The predicted octanol–water partition coefficient (Wildman–Crippen LogP) is 2.16. The summed E-state index contributed by atoms with van der Waals surface area (Å²) in [4.78, 5) is 10.6. The number of hydrogen-bond donors (Lipinski definition) is 0. The molecule has 0 unspecified atom stereocenters. The molecule has 146 valence electrons. The first-order valence-electron chi connectivity index (χ1n) is 8.58. The SMILES string of the molecule is COc1cc2cc(C)[n+](-c3nnn[n-]3)c(-c3ccc([N+](=O)[O-])cc3)c2cc1OC. The number of ether oxygens (including phenoxy) is 2. The highest BCUT2D eigenvalue weighted by atomic mass is 16.6. The second-order valence-corrected chi connectivity index (χ2v) is 6.25. The van der Waals surface area contributed by atoms with E-state index in [0.717, 1.165) is 27.7 Å². The lowest BCUT2D eigenvalue weighted by atomic mass is 10.0. The summed E-state index contributed by atoms with van der Waals surface area (Å²) in [6.07, 6.45) is 0. The summed E-state index contributed by atoms with van der Waals surface area (Å²) < 4.78 is 12.7. The van der Waals surface area contributed by atoms with E-state index in [4.69, 9.17) is 9.47 Å². The van der Waals surface area contributed by atoms with Crippen molar-refractivity contribution in [1.82, 2.24) is 20.6 Å². The molecule has 2 aromatic heterocycles. The van der Waals surface area contributed by atoms with E-state index in [0.29, 0.717) is 17.4 Å². The van der Waals surface area contributed by atoms with Gasteiger partial charge in [-0.2, -0.15) is 0 Å². The molecule has 0 fully saturated rings. The quantitative estimate of drug-likeness (QED) is 0.288. The first-order valence-corrected chi connectivity index (χ1v) is 8.58. The van der Waals surface area contributed by atoms with E-state index >= 15 is 0 Å². The molecule has 0 atom stereocenters. The van der Waals surface area contributed by atoms with Crippen molar-refractivity contribution < 1.29 is 19.0 Å². The maximum absolute atomic E-state index is 11.1. The number of methoxy groups -OCH3 is 2. The molecule has 10 nitrogen and oxygen atoms in total. The molecule has 0 spiro atoms. The number of nitro benzene ring substituents is 1. The van der Waals surface area contributed by atoms with Crippen molar-refractivity contribution >= 4 is 16.5 Å². The zero-order valence-electron chi connectivity index (χ0n) is 15.9. The van der Waals surface area contributed by atoms with Crippen LogP contribution in [0, 0.1) is 17.0 Å². The van der Waals surface area contributed by atoms with Crippen LogP contribution in [0.15, 0.2) is 42.5 Å². The highest BCUT2D eigenvalue weighted by Gasteiger charge is 2.19. The van der Waals surface area contributed by atoms with Crippen molar-refractivity contribution in [2.75, 3.05) is 14.2 Å². The summed E-state index contributed by atoms with van der Waals surface area (Å²) >= 11 is 0. The van der Waals surface area contributed by atoms with Gasteiger partial charge in [-0.3, -0.25) is 14.7 Å². The number of tetrazole rings is 1. The zero-order chi connectivity index (χ0) is 20.5. The minimum Gasteiger partial charge on any atom is -0.493 e. The Hall–Kier alpha value is -4.08. The summed E-state index contributed by atoms with van der Waals surface area (Å²) in [7, 11) is 3.14. The maximum Gasteiger partial charge on any atom is 0.277 e. The van der Waals surface area contributed by atoms with Crippen LogP contribution in [0.4, 0.5) is 5.69 Å². The van der Waals surface area contributed by atoms with Gasteiger partial charge in [0.2, 0.25) is 0 Å². The lowest BCUT2D eigenvalue weighted by molar-refractivity contribution is -0.598. The highest BCUT2D eigenvalue weighted by Crippen LogP contribution is 2.36. The minimum absolute atomic E-state index is 0.00408. The third-order valence-corrected chi connectivity index (χ3v) is 4.61. The topological polar surface area (TPSA) is 118 Å². The highest BCUT2D eigenvalue weighted by molar-refractivity contribution is 5.95. The molecule has 0 N–H and O–H groups in total. The molecule has 0 amide bonds. The molecule has 2 heterocycles. The number of nitrogens with zero attached hydrogens (tertiary/aromatic N) is 6. The van der Waals surface area contributed by atoms with Crippen molar-refractivity contribution in [3.05, 3.63) is 58.3 Å². The van der Waals surface area contributed by atoms with Gasteiger partial charge in [0.05, 0.1) is 24.8 Å². The summed E-state index contributed by atoms with van der Waals surface area (Å²) in [5, 5.41) is 27.9. The number of non-ortho nitro benzene ring substituents is 1.